The van der Waals surface area contributed by atoms with Crippen molar-refractivity contribution in [2.75, 3.05) is 0 Å². The SMILES string of the molecule is NC(CCc1cccs1)c1ccc(Cl)c(F)c1. The van der Waals surface area contributed by atoms with E-state index >= 15 is 0 Å². The van der Waals surface area contributed by atoms with Crippen LogP contribution in [-0.4, -0.2) is 0 Å². The zero-order valence-electron chi connectivity index (χ0n) is 9.20. The van der Waals surface area contributed by atoms with Crippen molar-refractivity contribution in [3.8, 4) is 0 Å². The molecule has 0 saturated carbocycles. The van der Waals surface area contributed by atoms with Crippen molar-refractivity contribution >= 4 is 22.9 Å². The fraction of sp³-hybridized carbons (Fsp3) is 0.231. The lowest BCUT2D eigenvalue weighted by molar-refractivity contribution is 0.610. The average molecular weight is 270 g/mol. The maximum atomic E-state index is 13.3. The van der Waals surface area contributed by atoms with E-state index in [0.29, 0.717) is 0 Å². The number of hydrogen-bond acceptors (Lipinski definition) is 2. The number of aryl methyl sites for hydroxylation is 1. The third-order valence-electron chi connectivity index (χ3n) is 2.65. The molecule has 1 aromatic carbocycles. The number of hydrogen-bond donors (Lipinski definition) is 1. The van der Waals surface area contributed by atoms with Crippen LogP contribution in [0.25, 0.3) is 0 Å². The van der Waals surface area contributed by atoms with Gasteiger partial charge in [0, 0.05) is 10.9 Å². The second-order valence-corrected chi connectivity index (χ2v) is 5.34. The Bertz CT molecular complexity index is 484. The molecule has 0 bridgehead atoms. The normalized spacial score (nSPS) is 12.6. The highest BCUT2D eigenvalue weighted by Crippen LogP contribution is 2.22. The molecule has 2 rings (SSSR count). The summed E-state index contributed by atoms with van der Waals surface area (Å²) in [6.07, 6.45) is 1.73. The van der Waals surface area contributed by atoms with Gasteiger partial charge in [-0.2, -0.15) is 0 Å². The molecular weight excluding hydrogens is 257 g/mol. The van der Waals surface area contributed by atoms with Crippen molar-refractivity contribution in [2.24, 2.45) is 5.73 Å². The first-order chi connectivity index (χ1) is 8.16. The van der Waals surface area contributed by atoms with E-state index in [1.54, 1.807) is 23.5 Å². The molecular formula is C13H13ClFNS. The molecule has 1 heterocycles. The lowest BCUT2D eigenvalue weighted by Crippen LogP contribution is -2.11. The Morgan fingerprint density at radius 1 is 1.35 bits per heavy atom. The number of benzene rings is 1. The Morgan fingerprint density at radius 3 is 2.82 bits per heavy atom. The Hall–Kier alpha value is -0.900. The van der Waals surface area contributed by atoms with Gasteiger partial charge in [0.15, 0.2) is 0 Å². The van der Waals surface area contributed by atoms with Gasteiger partial charge in [-0.15, -0.1) is 11.3 Å². The summed E-state index contributed by atoms with van der Waals surface area (Å²) in [4.78, 5) is 1.30. The highest BCUT2D eigenvalue weighted by atomic mass is 35.5. The van der Waals surface area contributed by atoms with Gasteiger partial charge in [-0.3, -0.25) is 0 Å². The molecule has 2 N–H and O–H groups in total. The van der Waals surface area contributed by atoms with Gasteiger partial charge in [-0.25, -0.2) is 4.39 Å². The smallest absolute Gasteiger partial charge is 0.142 e. The van der Waals surface area contributed by atoms with Gasteiger partial charge in [0.2, 0.25) is 0 Å². The first-order valence-corrected chi connectivity index (χ1v) is 6.65. The van der Waals surface area contributed by atoms with E-state index < -0.39 is 5.82 Å². The number of nitrogens with two attached hydrogens (primary N) is 1. The summed E-state index contributed by atoms with van der Waals surface area (Å²) < 4.78 is 13.3. The second kappa shape index (κ2) is 5.63. The van der Waals surface area contributed by atoms with Gasteiger partial charge >= 0.3 is 0 Å². The molecule has 1 atom stereocenters. The quantitative estimate of drug-likeness (QED) is 0.886. The van der Waals surface area contributed by atoms with Crippen LogP contribution in [0.5, 0.6) is 0 Å². The van der Waals surface area contributed by atoms with Gasteiger partial charge in [-0.05, 0) is 42.0 Å². The average Bonchev–Trinajstić information content (AvgIpc) is 2.82. The maximum absolute atomic E-state index is 13.3. The van der Waals surface area contributed by atoms with Crippen LogP contribution in [-0.2, 0) is 6.42 Å². The summed E-state index contributed by atoms with van der Waals surface area (Å²) in [5, 5.41) is 2.18. The molecule has 17 heavy (non-hydrogen) atoms. The van der Waals surface area contributed by atoms with E-state index in [4.69, 9.17) is 17.3 Å². The predicted octanol–water partition coefficient (Wildman–Crippen LogP) is 4.17. The van der Waals surface area contributed by atoms with E-state index in [-0.39, 0.29) is 11.1 Å². The first-order valence-electron chi connectivity index (χ1n) is 5.39. The largest absolute Gasteiger partial charge is 0.324 e. The van der Waals surface area contributed by atoms with Crippen molar-refractivity contribution in [1.29, 1.82) is 0 Å². The van der Waals surface area contributed by atoms with Gasteiger partial charge in [0.05, 0.1) is 5.02 Å². The van der Waals surface area contributed by atoms with Crippen LogP contribution in [0.15, 0.2) is 35.7 Å². The Morgan fingerprint density at radius 2 is 2.18 bits per heavy atom. The number of rotatable bonds is 4. The molecule has 0 aliphatic heterocycles. The van der Waals surface area contributed by atoms with Gasteiger partial charge in [0.25, 0.3) is 0 Å². The van der Waals surface area contributed by atoms with E-state index in [0.717, 1.165) is 18.4 Å². The molecule has 4 heteroatoms. The third-order valence-corrected chi connectivity index (χ3v) is 3.90. The molecule has 0 saturated heterocycles. The lowest BCUT2D eigenvalue weighted by Gasteiger charge is -2.11. The Labute approximate surface area is 109 Å². The minimum absolute atomic E-state index is 0.138. The number of thiophene rings is 1. The summed E-state index contributed by atoms with van der Waals surface area (Å²) in [6, 6.07) is 8.71. The summed E-state index contributed by atoms with van der Waals surface area (Å²) in [6.45, 7) is 0. The summed E-state index contributed by atoms with van der Waals surface area (Å²) >= 11 is 7.34. The van der Waals surface area contributed by atoms with Crippen molar-refractivity contribution < 1.29 is 4.39 Å². The summed E-state index contributed by atoms with van der Waals surface area (Å²) in [5.41, 5.74) is 6.82. The van der Waals surface area contributed by atoms with Crippen LogP contribution in [0.1, 0.15) is 22.9 Å². The highest BCUT2D eigenvalue weighted by molar-refractivity contribution is 7.09. The van der Waals surface area contributed by atoms with Crippen molar-refractivity contribution in [3.05, 3.63) is 57.0 Å². The van der Waals surface area contributed by atoms with E-state index in [1.165, 1.54) is 10.9 Å². The van der Waals surface area contributed by atoms with E-state index in [2.05, 4.69) is 6.07 Å². The second-order valence-electron chi connectivity index (χ2n) is 3.90. The highest BCUT2D eigenvalue weighted by Gasteiger charge is 2.09. The molecule has 0 fully saturated rings. The molecule has 90 valence electrons. The fourth-order valence-electron chi connectivity index (χ4n) is 1.66. The van der Waals surface area contributed by atoms with Crippen molar-refractivity contribution in [3.63, 3.8) is 0 Å². The molecule has 0 aliphatic rings. The molecule has 0 radical (unpaired) electrons. The van der Waals surface area contributed by atoms with Crippen LogP contribution in [0, 0.1) is 5.82 Å². The van der Waals surface area contributed by atoms with Crippen LogP contribution in [0.4, 0.5) is 4.39 Å². The van der Waals surface area contributed by atoms with Gasteiger partial charge in [-0.1, -0.05) is 23.7 Å². The minimum atomic E-state index is -0.407. The maximum Gasteiger partial charge on any atom is 0.142 e. The zero-order chi connectivity index (χ0) is 12.3. The van der Waals surface area contributed by atoms with Crippen LogP contribution < -0.4 is 5.73 Å². The first kappa shape index (κ1) is 12.6. The van der Waals surface area contributed by atoms with Gasteiger partial charge < -0.3 is 5.73 Å². The fourth-order valence-corrected chi connectivity index (χ4v) is 2.50. The Balaban J connectivity index is 1.99. The molecule has 1 aromatic heterocycles. The summed E-state index contributed by atoms with van der Waals surface area (Å²) in [5.74, 6) is -0.407. The molecule has 0 aliphatic carbocycles. The van der Waals surface area contributed by atoms with Gasteiger partial charge in [0.1, 0.15) is 5.82 Å². The van der Waals surface area contributed by atoms with Crippen molar-refractivity contribution in [2.45, 2.75) is 18.9 Å². The molecule has 0 amide bonds. The molecule has 0 spiro atoms. The van der Waals surface area contributed by atoms with Crippen LogP contribution in [0.3, 0.4) is 0 Å². The molecule has 2 aromatic rings. The minimum Gasteiger partial charge on any atom is -0.324 e. The van der Waals surface area contributed by atoms with E-state index in [9.17, 15) is 4.39 Å². The molecule has 1 unspecified atom stereocenters. The number of halogens is 2. The topological polar surface area (TPSA) is 26.0 Å². The molecule has 1 nitrogen and oxygen atoms in total. The third kappa shape index (κ3) is 3.28. The van der Waals surface area contributed by atoms with Crippen molar-refractivity contribution in [1.82, 2.24) is 0 Å². The standard InChI is InChI=1S/C13H13ClFNS/c14-11-5-3-9(8-12(11)15)13(16)6-4-10-2-1-7-17-10/h1-3,5,7-8,13H,4,6,16H2. The summed E-state index contributed by atoms with van der Waals surface area (Å²) in [7, 11) is 0. The zero-order valence-corrected chi connectivity index (χ0v) is 10.8. The van der Waals surface area contributed by atoms with E-state index in [1.807, 2.05) is 11.4 Å². The monoisotopic (exact) mass is 269 g/mol. The lowest BCUT2D eigenvalue weighted by atomic mass is 10.0. The van der Waals surface area contributed by atoms with Crippen LogP contribution >= 0.6 is 22.9 Å². The van der Waals surface area contributed by atoms with Crippen LogP contribution in [0.2, 0.25) is 5.02 Å². The predicted molar refractivity (Wildman–Crippen MR) is 71.0 cm³/mol. The Kier molecular flexibility index (Phi) is 4.15.